The van der Waals surface area contributed by atoms with E-state index in [9.17, 15) is 4.79 Å². The number of fused-ring (bicyclic) bond motifs is 1. The van der Waals surface area contributed by atoms with Crippen LogP contribution >= 0.6 is 0 Å². The van der Waals surface area contributed by atoms with Crippen molar-refractivity contribution >= 4 is 5.78 Å². The minimum atomic E-state index is 0.292. The Morgan fingerprint density at radius 3 is 3.06 bits per heavy atom. The molecule has 1 aromatic carbocycles. The summed E-state index contributed by atoms with van der Waals surface area (Å²) < 4.78 is 5.44. The molecule has 2 nitrogen and oxygen atoms in total. The highest BCUT2D eigenvalue weighted by atomic mass is 16.5. The molecule has 1 aromatic rings. The molecule has 0 amide bonds. The summed E-state index contributed by atoms with van der Waals surface area (Å²) in [4.78, 5) is 12.0. The number of ether oxygens (including phenoxy) is 1. The Bertz CT molecular complexity index is 433. The average Bonchev–Trinajstić information content (AvgIpc) is 3.04. The normalized spacial score (nSPS) is 17.6. The van der Waals surface area contributed by atoms with Gasteiger partial charge in [0.15, 0.2) is 5.78 Å². The molecule has 90 valence electrons. The average molecular weight is 230 g/mol. The fraction of sp³-hybridized carbons (Fsp3) is 0.533. The summed E-state index contributed by atoms with van der Waals surface area (Å²) in [5, 5.41) is 0. The number of carbonyl (C=O) groups excluding carboxylic acids is 1. The fourth-order valence-corrected chi connectivity index (χ4v) is 2.46. The Balaban J connectivity index is 1.60. The molecule has 0 saturated heterocycles. The lowest BCUT2D eigenvalue weighted by Gasteiger charge is -2.03. The second kappa shape index (κ2) is 4.52. The van der Waals surface area contributed by atoms with Crippen LogP contribution in [0.3, 0.4) is 0 Å². The monoisotopic (exact) mass is 230 g/mol. The molecule has 1 saturated carbocycles. The van der Waals surface area contributed by atoms with Crippen molar-refractivity contribution in [3.63, 3.8) is 0 Å². The Morgan fingerprint density at radius 2 is 2.24 bits per heavy atom. The standard InChI is InChI=1S/C15H18O2/c16-14(3-1-2-11-4-5-11)12-6-7-15-13(10-12)8-9-17-15/h6-7,10-11H,1-5,8-9H2. The summed E-state index contributed by atoms with van der Waals surface area (Å²) in [6.07, 6.45) is 6.69. The first-order chi connectivity index (χ1) is 8.33. The van der Waals surface area contributed by atoms with Crippen LogP contribution < -0.4 is 4.74 Å². The Hall–Kier alpha value is -1.31. The van der Waals surface area contributed by atoms with Gasteiger partial charge < -0.3 is 4.74 Å². The van der Waals surface area contributed by atoms with Crippen LogP contribution in [0, 0.1) is 5.92 Å². The van der Waals surface area contributed by atoms with Crippen molar-refractivity contribution < 1.29 is 9.53 Å². The molecule has 17 heavy (non-hydrogen) atoms. The van der Waals surface area contributed by atoms with Crippen LogP contribution in [0.25, 0.3) is 0 Å². The molecule has 0 N–H and O–H groups in total. The molecule has 0 aromatic heterocycles. The van der Waals surface area contributed by atoms with E-state index in [1.165, 1.54) is 24.8 Å². The van der Waals surface area contributed by atoms with Gasteiger partial charge in [-0.2, -0.15) is 0 Å². The molecule has 1 fully saturated rings. The van der Waals surface area contributed by atoms with Gasteiger partial charge >= 0.3 is 0 Å². The minimum absolute atomic E-state index is 0.292. The van der Waals surface area contributed by atoms with E-state index < -0.39 is 0 Å². The highest BCUT2D eigenvalue weighted by molar-refractivity contribution is 5.96. The van der Waals surface area contributed by atoms with Gasteiger partial charge in [-0.05, 0) is 36.1 Å². The first-order valence-corrected chi connectivity index (χ1v) is 6.62. The predicted molar refractivity (Wildman–Crippen MR) is 66.5 cm³/mol. The molecule has 1 aliphatic carbocycles. The van der Waals surface area contributed by atoms with Crippen molar-refractivity contribution in [2.75, 3.05) is 6.61 Å². The van der Waals surface area contributed by atoms with E-state index in [1.54, 1.807) is 0 Å². The van der Waals surface area contributed by atoms with Gasteiger partial charge in [0, 0.05) is 18.4 Å². The van der Waals surface area contributed by atoms with Crippen LogP contribution in [0.5, 0.6) is 5.75 Å². The summed E-state index contributed by atoms with van der Waals surface area (Å²) in [6.45, 7) is 0.759. The molecule has 2 heteroatoms. The predicted octanol–water partition coefficient (Wildman–Crippen LogP) is 3.38. The van der Waals surface area contributed by atoms with Crippen LogP contribution in [0.15, 0.2) is 18.2 Å². The zero-order valence-electron chi connectivity index (χ0n) is 10.1. The molecule has 0 radical (unpaired) electrons. The molecule has 0 bridgehead atoms. The van der Waals surface area contributed by atoms with Gasteiger partial charge in [-0.15, -0.1) is 0 Å². The van der Waals surface area contributed by atoms with E-state index >= 15 is 0 Å². The minimum Gasteiger partial charge on any atom is -0.493 e. The number of benzene rings is 1. The third-order valence-electron chi connectivity index (χ3n) is 3.72. The van der Waals surface area contributed by atoms with Crippen molar-refractivity contribution in [2.45, 2.75) is 38.5 Å². The molecule has 0 unspecified atom stereocenters. The van der Waals surface area contributed by atoms with E-state index in [1.807, 2.05) is 18.2 Å². The van der Waals surface area contributed by atoms with E-state index in [4.69, 9.17) is 4.74 Å². The lowest BCUT2D eigenvalue weighted by Crippen LogP contribution is -1.99. The van der Waals surface area contributed by atoms with Crippen LogP contribution in [-0.2, 0) is 6.42 Å². The number of ketones is 1. The molecule has 0 atom stereocenters. The molecule has 0 spiro atoms. The maximum Gasteiger partial charge on any atom is 0.162 e. The number of rotatable bonds is 5. The van der Waals surface area contributed by atoms with Gasteiger partial charge in [0.2, 0.25) is 0 Å². The number of carbonyl (C=O) groups is 1. The molecule has 2 aliphatic rings. The highest BCUT2D eigenvalue weighted by Crippen LogP contribution is 2.34. The lowest BCUT2D eigenvalue weighted by molar-refractivity contribution is 0.0979. The molecular weight excluding hydrogens is 212 g/mol. The van der Waals surface area contributed by atoms with Crippen LogP contribution in [-0.4, -0.2) is 12.4 Å². The highest BCUT2D eigenvalue weighted by Gasteiger charge is 2.21. The smallest absolute Gasteiger partial charge is 0.162 e. The van der Waals surface area contributed by atoms with E-state index in [2.05, 4.69) is 0 Å². The zero-order chi connectivity index (χ0) is 11.7. The summed E-state index contributed by atoms with van der Waals surface area (Å²) in [5.41, 5.74) is 2.06. The fourth-order valence-electron chi connectivity index (χ4n) is 2.46. The Morgan fingerprint density at radius 1 is 1.35 bits per heavy atom. The van der Waals surface area contributed by atoms with Crippen molar-refractivity contribution in [1.82, 2.24) is 0 Å². The maximum absolute atomic E-state index is 12.0. The SMILES string of the molecule is O=C(CCCC1CC1)c1ccc2c(c1)CCO2. The zero-order valence-corrected chi connectivity index (χ0v) is 10.1. The quantitative estimate of drug-likeness (QED) is 0.725. The maximum atomic E-state index is 12.0. The molecular formula is C15H18O2. The van der Waals surface area contributed by atoms with Crippen molar-refractivity contribution in [3.05, 3.63) is 29.3 Å². The lowest BCUT2D eigenvalue weighted by atomic mass is 10.0. The van der Waals surface area contributed by atoms with Gasteiger partial charge in [0.25, 0.3) is 0 Å². The topological polar surface area (TPSA) is 26.3 Å². The first-order valence-electron chi connectivity index (χ1n) is 6.62. The van der Waals surface area contributed by atoms with Crippen molar-refractivity contribution in [3.8, 4) is 5.75 Å². The molecule has 3 rings (SSSR count). The Kier molecular flexibility index (Phi) is 2.87. The molecule has 1 aliphatic heterocycles. The second-order valence-electron chi connectivity index (χ2n) is 5.18. The third-order valence-corrected chi connectivity index (χ3v) is 3.72. The van der Waals surface area contributed by atoms with Crippen LogP contribution in [0.4, 0.5) is 0 Å². The van der Waals surface area contributed by atoms with Crippen LogP contribution in [0.2, 0.25) is 0 Å². The number of hydrogen-bond acceptors (Lipinski definition) is 2. The van der Waals surface area contributed by atoms with Gasteiger partial charge in [-0.25, -0.2) is 0 Å². The number of hydrogen-bond donors (Lipinski definition) is 0. The number of Topliss-reactive ketones (excluding diaryl/α,β-unsaturated/α-hetero) is 1. The van der Waals surface area contributed by atoms with E-state index in [-0.39, 0.29) is 0 Å². The van der Waals surface area contributed by atoms with E-state index in [0.717, 1.165) is 36.7 Å². The van der Waals surface area contributed by atoms with Crippen molar-refractivity contribution in [1.29, 1.82) is 0 Å². The summed E-state index contributed by atoms with van der Waals surface area (Å²) in [6, 6.07) is 5.86. The summed E-state index contributed by atoms with van der Waals surface area (Å²) in [7, 11) is 0. The van der Waals surface area contributed by atoms with Crippen LogP contribution in [0.1, 0.15) is 48.0 Å². The first kappa shape index (κ1) is 10.8. The Labute approximate surface area is 102 Å². The largest absolute Gasteiger partial charge is 0.493 e. The van der Waals surface area contributed by atoms with Crippen molar-refractivity contribution in [2.24, 2.45) is 5.92 Å². The van der Waals surface area contributed by atoms with Gasteiger partial charge in [-0.1, -0.05) is 19.3 Å². The summed E-state index contributed by atoms with van der Waals surface area (Å²) >= 11 is 0. The second-order valence-corrected chi connectivity index (χ2v) is 5.18. The molecule has 1 heterocycles. The third kappa shape index (κ3) is 2.51. The van der Waals surface area contributed by atoms with Gasteiger partial charge in [0.05, 0.1) is 6.61 Å². The summed E-state index contributed by atoms with van der Waals surface area (Å²) in [5.74, 6) is 2.18. The van der Waals surface area contributed by atoms with E-state index in [0.29, 0.717) is 12.2 Å². The van der Waals surface area contributed by atoms with Gasteiger partial charge in [0.1, 0.15) is 5.75 Å². The van der Waals surface area contributed by atoms with Gasteiger partial charge in [-0.3, -0.25) is 4.79 Å².